The quantitative estimate of drug-likeness (QED) is 0.570. The predicted molar refractivity (Wildman–Crippen MR) is 110 cm³/mol. The minimum absolute atomic E-state index is 0.0758. The van der Waals surface area contributed by atoms with E-state index in [1.54, 1.807) is 12.1 Å². The third kappa shape index (κ3) is 4.69. The van der Waals surface area contributed by atoms with Crippen molar-refractivity contribution in [3.8, 4) is 17.1 Å². The van der Waals surface area contributed by atoms with Gasteiger partial charge in [0.2, 0.25) is 15.8 Å². The lowest BCUT2D eigenvalue weighted by molar-refractivity contribution is -0.0200. The van der Waals surface area contributed by atoms with Crippen molar-refractivity contribution < 1.29 is 22.4 Å². The van der Waals surface area contributed by atoms with E-state index in [0.717, 1.165) is 11.1 Å². The number of morpholine rings is 1. The molecule has 0 amide bonds. The Hall–Kier alpha value is -2.75. The van der Waals surface area contributed by atoms with E-state index in [1.807, 2.05) is 49.4 Å². The Morgan fingerprint density at radius 1 is 1.13 bits per heavy atom. The summed E-state index contributed by atoms with van der Waals surface area (Å²) >= 11 is 0. The van der Waals surface area contributed by atoms with Crippen LogP contribution in [0.25, 0.3) is 11.4 Å². The first kappa shape index (κ1) is 20.5. The average Bonchev–Trinajstić information content (AvgIpc) is 3.25. The number of benzene rings is 2. The van der Waals surface area contributed by atoms with E-state index >= 15 is 0 Å². The van der Waals surface area contributed by atoms with E-state index in [-0.39, 0.29) is 37.9 Å². The minimum Gasteiger partial charge on any atom is -0.492 e. The number of hydrogen-bond donors (Lipinski definition) is 0. The lowest BCUT2D eigenvalue weighted by atomic mass is 10.1. The molecule has 2 aromatic carbocycles. The smallest absolute Gasteiger partial charge is 0.257 e. The van der Waals surface area contributed by atoms with Gasteiger partial charge in [-0.15, -0.1) is 0 Å². The van der Waals surface area contributed by atoms with E-state index in [2.05, 4.69) is 10.1 Å². The molecule has 0 unspecified atom stereocenters. The second kappa shape index (κ2) is 8.95. The maximum Gasteiger partial charge on any atom is 0.257 e. The number of nitrogens with zero attached hydrogens (tertiary/aromatic N) is 3. The molecule has 1 saturated heterocycles. The maximum atomic E-state index is 12.7. The molecule has 1 atom stereocenters. The molecule has 0 spiro atoms. The van der Waals surface area contributed by atoms with Crippen molar-refractivity contribution in [2.45, 2.75) is 13.0 Å². The van der Waals surface area contributed by atoms with Crippen molar-refractivity contribution in [2.24, 2.45) is 0 Å². The van der Waals surface area contributed by atoms with Crippen LogP contribution in [0.5, 0.6) is 5.75 Å². The van der Waals surface area contributed by atoms with E-state index in [9.17, 15) is 8.42 Å². The van der Waals surface area contributed by atoms with Gasteiger partial charge in [-0.25, -0.2) is 8.42 Å². The summed E-state index contributed by atoms with van der Waals surface area (Å²) in [5, 5.41) is 4.04. The number of aryl methyl sites for hydroxylation is 1. The molecule has 1 aromatic heterocycles. The Bertz CT molecular complexity index is 1080. The highest BCUT2D eigenvalue weighted by atomic mass is 32.2. The lowest BCUT2D eigenvalue weighted by Crippen LogP contribution is -2.44. The summed E-state index contributed by atoms with van der Waals surface area (Å²) < 4.78 is 43.5. The molecule has 1 fully saturated rings. The molecule has 1 aliphatic rings. The molecule has 1 aliphatic heterocycles. The first-order chi connectivity index (χ1) is 14.5. The molecule has 3 aromatic rings. The number of ether oxygens (including phenoxy) is 2. The van der Waals surface area contributed by atoms with Gasteiger partial charge in [0.05, 0.1) is 12.4 Å². The highest BCUT2D eigenvalue weighted by Gasteiger charge is 2.33. The van der Waals surface area contributed by atoms with Crippen molar-refractivity contribution in [3.63, 3.8) is 0 Å². The zero-order chi connectivity index (χ0) is 21.0. The fourth-order valence-electron chi connectivity index (χ4n) is 3.24. The summed E-state index contributed by atoms with van der Waals surface area (Å²) in [6.07, 6.45) is -0.603. The van der Waals surface area contributed by atoms with Crippen LogP contribution in [0, 0.1) is 6.92 Å². The van der Waals surface area contributed by atoms with Crippen LogP contribution in [0.3, 0.4) is 0 Å². The van der Waals surface area contributed by atoms with Crippen LogP contribution in [0.2, 0.25) is 0 Å². The van der Waals surface area contributed by atoms with Gasteiger partial charge in [-0.2, -0.15) is 9.29 Å². The van der Waals surface area contributed by atoms with Crippen molar-refractivity contribution >= 4 is 10.0 Å². The van der Waals surface area contributed by atoms with Crippen LogP contribution in [-0.4, -0.2) is 54.9 Å². The molecule has 2 heterocycles. The molecule has 0 bridgehead atoms. The summed E-state index contributed by atoms with van der Waals surface area (Å²) in [6, 6.07) is 16.9. The second-order valence-electron chi connectivity index (χ2n) is 6.97. The van der Waals surface area contributed by atoms with Gasteiger partial charge in [-0.05, 0) is 24.6 Å². The van der Waals surface area contributed by atoms with E-state index in [4.69, 9.17) is 14.0 Å². The molecule has 0 aliphatic carbocycles. The number of rotatable bonds is 7. The van der Waals surface area contributed by atoms with E-state index < -0.39 is 16.1 Å². The summed E-state index contributed by atoms with van der Waals surface area (Å²) in [6.45, 7) is 2.71. The van der Waals surface area contributed by atoms with E-state index in [0.29, 0.717) is 11.6 Å². The molecular formula is C21H23N3O5S. The summed E-state index contributed by atoms with van der Waals surface area (Å²) in [5.74, 6) is 1.26. The van der Waals surface area contributed by atoms with Gasteiger partial charge in [0.1, 0.15) is 12.4 Å². The zero-order valence-corrected chi connectivity index (χ0v) is 17.4. The van der Waals surface area contributed by atoms with Gasteiger partial charge in [0.15, 0.2) is 6.10 Å². The van der Waals surface area contributed by atoms with Gasteiger partial charge >= 0.3 is 0 Å². The van der Waals surface area contributed by atoms with Crippen LogP contribution in [-0.2, 0) is 14.8 Å². The Labute approximate surface area is 175 Å². The van der Waals surface area contributed by atoms with Crippen molar-refractivity contribution in [1.29, 1.82) is 0 Å². The maximum absolute atomic E-state index is 12.7. The van der Waals surface area contributed by atoms with Gasteiger partial charge in [0.25, 0.3) is 5.89 Å². The topological polar surface area (TPSA) is 94.8 Å². The summed E-state index contributed by atoms with van der Waals surface area (Å²) in [5.41, 5.74) is 1.89. The predicted octanol–water partition coefficient (Wildman–Crippen LogP) is 2.83. The van der Waals surface area contributed by atoms with Crippen LogP contribution in [0.15, 0.2) is 59.1 Å². The summed E-state index contributed by atoms with van der Waals surface area (Å²) in [7, 11) is -3.51. The first-order valence-electron chi connectivity index (χ1n) is 9.70. The molecule has 0 N–H and O–H groups in total. The Balaban J connectivity index is 1.40. The second-order valence-corrected chi connectivity index (χ2v) is 9.05. The van der Waals surface area contributed by atoms with Crippen LogP contribution < -0.4 is 4.74 Å². The van der Waals surface area contributed by atoms with Crippen molar-refractivity contribution in [3.05, 3.63) is 66.1 Å². The van der Waals surface area contributed by atoms with Crippen LogP contribution in [0.4, 0.5) is 0 Å². The normalized spacial score (nSPS) is 17.7. The van der Waals surface area contributed by atoms with Crippen LogP contribution in [0.1, 0.15) is 17.6 Å². The molecule has 30 heavy (non-hydrogen) atoms. The standard InChI is InChI=1S/C21H23N3O5S/c1-16-7-5-6-10-18(16)20-22-21(29-23-20)19-15-24(11-12-28-19)30(25,26)14-13-27-17-8-3-2-4-9-17/h2-10,19H,11-15H2,1H3/t19-/m0/s1. The fraction of sp³-hybridized carbons (Fsp3) is 0.333. The third-order valence-corrected chi connectivity index (χ3v) is 6.68. The number of hydrogen-bond acceptors (Lipinski definition) is 7. The van der Waals surface area contributed by atoms with Gasteiger partial charge < -0.3 is 14.0 Å². The third-order valence-electron chi connectivity index (χ3n) is 4.88. The molecular weight excluding hydrogens is 406 g/mol. The van der Waals surface area contributed by atoms with Gasteiger partial charge in [0, 0.05) is 18.7 Å². The Morgan fingerprint density at radius 2 is 1.90 bits per heavy atom. The van der Waals surface area contributed by atoms with E-state index in [1.165, 1.54) is 4.31 Å². The van der Waals surface area contributed by atoms with Crippen molar-refractivity contribution in [2.75, 3.05) is 32.1 Å². The zero-order valence-electron chi connectivity index (χ0n) is 16.6. The average molecular weight is 429 g/mol. The largest absolute Gasteiger partial charge is 0.492 e. The van der Waals surface area contributed by atoms with Crippen molar-refractivity contribution in [1.82, 2.24) is 14.4 Å². The minimum atomic E-state index is -3.51. The molecule has 158 valence electrons. The number of aromatic nitrogens is 2. The highest BCUT2D eigenvalue weighted by Crippen LogP contribution is 2.26. The molecule has 0 saturated carbocycles. The molecule has 4 rings (SSSR count). The van der Waals surface area contributed by atoms with Crippen LogP contribution >= 0.6 is 0 Å². The molecule has 0 radical (unpaired) electrons. The molecule has 9 heteroatoms. The number of sulfonamides is 1. The Kier molecular flexibility index (Phi) is 6.12. The molecule has 8 nitrogen and oxygen atoms in total. The SMILES string of the molecule is Cc1ccccc1-c1noc([C@@H]2CN(S(=O)(=O)CCOc3ccccc3)CCO2)n1. The van der Waals surface area contributed by atoms with Gasteiger partial charge in [-0.3, -0.25) is 0 Å². The van der Waals surface area contributed by atoms with Gasteiger partial charge in [-0.1, -0.05) is 47.6 Å². The fourth-order valence-corrected chi connectivity index (χ4v) is 4.50. The monoisotopic (exact) mass is 429 g/mol. The first-order valence-corrected chi connectivity index (χ1v) is 11.3. The highest BCUT2D eigenvalue weighted by molar-refractivity contribution is 7.89. The lowest BCUT2D eigenvalue weighted by Gasteiger charge is -2.30. The Morgan fingerprint density at radius 3 is 2.70 bits per heavy atom. The number of para-hydroxylation sites is 1. The summed E-state index contributed by atoms with van der Waals surface area (Å²) in [4.78, 5) is 4.43.